The predicted molar refractivity (Wildman–Crippen MR) is 73.6 cm³/mol. The van der Waals surface area contributed by atoms with Crippen molar-refractivity contribution < 1.29 is 22.7 Å². The number of carbonyl (C=O) groups excluding carboxylic acids is 1. The molecular formula is C15H11F3N2O2. The Hall–Kier alpha value is -2.75. The molecule has 4 nitrogen and oxygen atoms in total. The van der Waals surface area contributed by atoms with Gasteiger partial charge in [-0.15, -0.1) is 0 Å². The third-order valence-electron chi connectivity index (χ3n) is 2.96. The Morgan fingerprint density at radius 1 is 1.36 bits per heavy atom. The highest BCUT2D eigenvalue weighted by atomic mass is 19.4. The number of alkyl halides is 3. The lowest BCUT2D eigenvalue weighted by Gasteiger charge is -2.16. The number of rotatable bonds is 3. The van der Waals surface area contributed by atoms with Crippen LogP contribution in [-0.2, 0) is 0 Å². The number of nitriles is 1. The summed E-state index contributed by atoms with van der Waals surface area (Å²) in [5.41, 5.74) is -0.206. The van der Waals surface area contributed by atoms with E-state index in [1.165, 1.54) is 13.1 Å². The Labute approximate surface area is 124 Å². The number of fused-ring (bicyclic) bond motifs is 1. The molecule has 7 heteroatoms. The lowest BCUT2D eigenvalue weighted by Crippen LogP contribution is -2.23. The van der Waals surface area contributed by atoms with Gasteiger partial charge in [0.05, 0.1) is 11.1 Å². The Morgan fingerprint density at radius 2 is 2.05 bits per heavy atom. The number of nitrogens with one attached hydrogen (secondary N) is 1. The van der Waals surface area contributed by atoms with E-state index in [1.807, 2.05) is 0 Å². The van der Waals surface area contributed by atoms with Gasteiger partial charge in [-0.1, -0.05) is 24.3 Å². The van der Waals surface area contributed by atoms with Crippen LogP contribution in [0.5, 0.6) is 5.75 Å². The molecule has 0 aliphatic carbocycles. The van der Waals surface area contributed by atoms with E-state index >= 15 is 0 Å². The summed E-state index contributed by atoms with van der Waals surface area (Å²) in [6, 6.07) is 9.76. The van der Waals surface area contributed by atoms with E-state index in [-0.39, 0.29) is 16.9 Å². The Morgan fingerprint density at radius 3 is 2.64 bits per heavy atom. The van der Waals surface area contributed by atoms with Crippen molar-refractivity contribution in [3.63, 3.8) is 0 Å². The number of hydrogen-bond acceptors (Lipinski definition) is 3. The van der Waals surface area contributed by atoms with Gasteiger partial charge in [0, 0.05) is 7.05 Å². The minimum Gasteiger partial charge on any atom is -0.482 e. The molecule has 0 fully saturated rings. The van der Waals surface area contributed by atoms with Gasteiger partial charge in [-0.3, -0.25) is 4.79 Å². The number of hydrogen-bond donors (Lipinski definition) is 1. The fraction of sp³-hybridized carbons (Fsp3) is 0.200. The normalized spacial score (nSPS) is 11.0. The van der Waals surface area contributed by atoms with Gasteiger partial charge in [0.2, 0.25) is 0 Å². The van der Waals surface area contributed by atoms with Crippen molar-refractivity contribution in [1.29, 1.82) is 5.26 Å². The first-order chi connectivity index (χ1) is 10.4. The van der Waals surface area contributed by atoms with Gasteiger partial charge in [-0.2, -0.15) is 18.4 Å². The Kier molecular flexibility index (Phi) is 4.22. The zero-order valence-corrected chi connectivity index (χ0v) is 11.5. The summed E-state index contributed by atoms with van der Waals surface area (Å²) in [4.78, 5) is 12.1. The minimum atomic E-state index is -4.57. The van der Waals surface area contributed by atoms with Crippen molar-refractivity contribution in [3.05, 3.63) is 41.5 Å². The van der Waals surface area contributed by atoms with Crippen molar-refractivity contribution in [2.45, 2.75) is 6.18 Å². The molecule has 0 aliphatic rings. The maximum absolute atomic E-state index is 12.4. The number of halogens is 3. The van der Waals surface area contributed by atoms with Crippen molar-refractivity contribution >= 4 is 16.7 Å². The number of amides is 1. The topological polar surface area (TPSA) is 62.1 Å². The zero-order chi connectivity index (χ0) is 16.3. The third-order valence-corrected chi connectivity index (χ3v) is 2.96. The first-order valence-corrected chi connectivity index (χ1v) is 6.25. The molecule has 0 atom stereocenters. The lowest BCUT2D eigenvalue weighted by atomic mass is 9.99. The van der Waals surface area contributed by atoms with Crippen molar-refractivity contribution in [2.24, 2.45) is 0 Å². The molecule has 0 radical (unpaired) electrons. The van der Waals surface area contributed by atoms with Crippen LogP contribution in [0.1, 0.15) is 15.9 Å². The van der Waals surface area contributed by atoms with Crippen LogP contribution < -0.4 is 10.1 Å². The maximum Gasteiger partial charge on any atom is 0.422 e. The molecule has 2 aromatic rings. The average Bonchev–Trinajstić information content (AvgIpc) is 2.49. The van der Waals surface area contributed by atoms with E-state index < -0.39 is 18.7 Å². The van der Waals surface area contributed by atoms with Crippen LogP contribution in [0.3, 0.4) is 0 Å². The van der Waals surface area contributed by atoms with Crippen LogP contribution in [0.4, 0.5) is 13.2 Å². The van der Waals surface area contributed by atoms with Crippen molar-refractivity contribution in [1.82, 2.24) is 5.32 Å². The molecule has 0 aromatic heterocycles. The van der Waals surface area contributed by atoms with Crippen LogP contribution >= 0.6 is 0 Å². The highest BCUT2D eigenvalue weighted by Crippen LogP contribution is 2.33. The molecule has 0 saturated heterocycles. The van der Waals surface area contributed by atoms with Crippen molar-refractivity contribution in [3.8, 4) is 11.8 Å². The SMILES string of the molecule is CNC(=O)c1c(OCC(F)(F)F)c(C#N)cc2ccccc12. The molecule has 22 heavy (non-hydrogen) atoms. The molecule has 1 amide bonds. The van der Waals surface area contributed by atoms with Crippen LogP contribution in [0.2, 0.25) is 0 Å². The second-order valence-electron chi connectivity index (χ2n) is 4.44. The molecule has 0 bridgehead atoms. The summed E-state index contributed by atoms with van der Waals surface area (Å²) < 4.78 is 41.9. The van der Waals surface area contributed by atoms with E-state index in [0.29, 0.717) is 10.8 Å². The standard InChI is InChI=1S/C15H11F3N2O2/c1-20-14(21)12-11-5-3-2-4-9(11)6-10(7-19)13(12)22-8-15(16,17)18/h2-6H,8H2,1H3,(H,20,21). The second-order valence-corrected chi connectivity index (χ2v) is 4.44. The average molecular weight is 308 g/mol. The van der Waals surface area contributed by atoms with Gasteiger partial charge in [-0.05, 0) is 16.8 Å². The molecule has 2 aromatic carbocycles. The smallest absolute Gasteiger partial charge is 0.422 e. The van der Waals surface area contributed by atoms with E-state index in [9.17, 15) is 18.0 Å². The van der Waals surface area contributed by atoms with Gasteiger partial charge in [0.25, 0.3) is 5.91 Å². The quantitative estimate of drug-likeness (QED) is 0.948. The molecular weight excluding hydrogens is 297 g/mol. The van der Waals surface area contributed by atoms with E-state index in [0.717, 1.165) is 0 Å². The molecule has 1 N–H and O–H groups in total. The first kappa shape index (κ1) is 15.6. The van der Waals surface area contributed by atoms with Crippen LogP contribution in [-0.4, -0.2) is 25.7 Å². The van der Waals surface area contributed by atoms with Gasteiger partial charge in [0.15, 0.2) is 12.4 Å². The molecule has 0 spiro atoms. The molecule has 0 unspecified atom stereocenters. The maximum atomic E-state index is 12.4. The summed E-state index contributed by atoms with van der Waals surface area (Å²) in [5.74, 6) is -0.983. The van der Waals surface area contributed by atoms with Crippen LogP contribution in [0, 0.1) is 11.3 Å². The zero-order valence-electron chi connectivity index (χ0n) is 11.5. The van der Waals surface area contributed by atoms with Gasteiger partial charge < -0.3 is 10.1 Å². The van der Waals surface area contributed by atoms with Gasteiger partial charge >= 0.3 is 6.18 Å². The first-order valence-electron chi connectivity index (χ1n) is 6.25. The van der Waals surface area contributed by atoms with Gasteiger partial charge in [-0.25, -0.2) is 0 Å². The fourth-order valence-electron chi connectivity index (χ4n) is 2.07. The predicted octanol–water partition coefficient (Wildman–Crippen LogP) is 3.01. The van der Waals surface area contributed by atoms with Gasteiger partial charge in [0.1, 0.15) is 6.07 Å². The monoisotopic (exact) mass is 308 g/mol. The number of nitrogens with zero attached hydrogens (tertiary/aromatic N) is 1. The summed E-state index contributed by atoms with van der Waals surface area (Å²) in [7, 11) is 1.35. The third kappa shape index (κ3) is 3.11. The molecule has 0 aliphatic heterocycles. The van der Waals surface area contributed by atoms with Crippen LogP contribution in [0.15, 0.2) is 30.3 Å². The summed E-state index contributed by atoms with van der Waals surface area (Å²) in [6.07, 6.45) is -4.57. The van der Waals surface area contributed by atoms with Crippen molar-refractivity contribution in [2.75, 3.05) is 13.7 Å². The fourth-order valence-corrected chi connectivity index (χ4v) is 2.07. The molecule has 114 valence electrons. The highest BCUT2D eigenvalue weighted by molar-refractivity contribution is 6.10. The molecule has 2 rings (SSSR count). The second kappa shape index (κ2) is 5.93. The Bertz CT molecular complexity index is 764. The summed E-state index contributed by atoms with van der Waals surface area (Å²) in [6.45, 7) is -1.58. The van der Waals surface area contributed by atoms with E-state index in [4.69, 9.17) is 10.00 Å². The highest BCUT2D eigenvalue weighted by Gasteiger charge is 2.30. The Balaban J connectivity index is 2.70. The molecule has 0 saturated carbocycles. The van der Waals surface area contributed by atoms with E-state index in [1.54, 1.807) is 30.3 Å². The summed E-state index contributed by atoms with van der Waals surface area (Å²) >= 11 is 0. The largest absolute Gasteiger partial charge is 0.482 e. The lowest BCUT2D eigenvalue weighted by molar-refractivity contribution is -0.153. The number of ether oxygens (including phenoxy) is 1. The number of benzene rings is 2. The van der Waals surface area contributed by atoms with Crippen LogP contribution in [0.25, 0.3) is 10.8 Å². The van der Waals surface area contributed by atoms with E-state index in [2.05, 4.69) is 5.32 Å². The minimum absolute atomic E-state index is 0.0820. The number of carbonyl (C=O) groups is 1. The summed E-state index contributed by atoms with van der Waals surface area (Å²) in [5, 5.41) is 12.5. The molecule has 0 heterocycles.